The normalized spacial score (nSPS) is 16.7. The quantitative estimate of drug-likeness (QED) is 0.648. The van der Waals surface area contributed by atoms with Gasteiger partial charge in [-0.2, -0.15) is 0 Å². The summed E-state index contributed by atoms with van der Waals surface area (Å²) >= 11 is 1.26. The molecule has 2 radical (unpaired) electrons. The predicted molar refractivity (Wildman–Crippen MR) is 49.2 cm³/mol. The van der Waals surface area contributed by atoms with Gasteiger partial charge in [0.25, 0.3) is 0 Å². The molecule has 0 amide bonds. The molecule has 0 bridgehead atoms. The fourth-order valence-electron chi connectivity index (χ4n) is 0.707. The average molecular weight is 369 g/mol. The second kappa shape index (κ2) is 6.34. The van der Waals surface area contributed by atoms with E-state index >= 15 is 0 Å². The van der Waals surface area contributed by atoms with E-state index in [2.05, 4.69) is 13.5 Å². The Kier molecular flexibility index (Phi) is 7.48. The summed E-state index contributed by atoms with van der Waals surface area (Å²) in [6.07, 6.45) is 2.52. The molecule has 0 spiro atoms. The Morgan fingerprint density at radius 1 is 1.60 bits per heavy atom. The number of hydrogen-bond donors (Lipinski definition) is 0. The molecule has 0 aromatic rings. The maximum absolute atomic E-state index is 5.55. The SMILES string of the molecule is CCCC[Si](C)([O][InH2])[O][SnH]. The fraction of sp³-hybridized carbons (Fsp3) is 1.00. The van der Waals surface area contributed by atoms with Crippen molar-refractivity contribution in [1.82, 2.24) is 0 Å². The van der Waals surface area contributed by atoms with Crippen LogP contribution < -0.4 is 0 Å². The Hall–Kier alpha value is 1.81. The van der Waals surface area contributed by atoms with E-state index in [1.54, 1.807) is 0 Å². The second-order valence-electron chi connectivity index (χ2n) is 2.56. The van der Waals surface area contributed by atoms with Gasteiger partial charge in [-0.05, 0) is 0 Å². The van der Waals surface area contributed by atoms with Crippen LogP contribution >= 0.6 is 0 Å². The van der Waals surface area contributed by atoms with Crippen LogP contribution in [0.4, 0.5) is 0 Å². The molecule has 0 N–H and O–H groups in total. The molecule has 2 nitrogen and oxygen atoms in total. The van der Waals surface area contributed by atoms with Gasteiger partial charge in [0.15, 0.2) is 0 Å². The van der Waals surface area contributed by atoms with E-state index in [1.165, 1.54) is 18.9 Å². The van der Waals surface area contributed by atoms with Gasteiger partial charge in [-0.3, -0.25) is 0 Å². The van der Waals surface area contributed by atoms with Crippen molar-refractivity contribution >= 4 is 56.3 Å². The Bertz CT molecular complexity index is 89.7. The van der Waals surface area contributed by atoms with E-state index in [-0.39, 0.29) is 0 Å². The van der Waals surface area contributed by atoms with E-state index in [9.17, 15) is 0 Å². The zero-order chi connectivity index (χ0) is 8.04. The molecule has 0 saturated carbocycles. The van der Waals surface area contributed by atoms with Crippen LogP contribution in [0.5, 0.6) is 0 Å². The predicted octanol–water partition coefficient (Wildman–Crippen LogP) is 0.256. The summed E-state index contributed by atoms with van der Waals surface area (Å²) in [6, 6.07) is 1.19. The van der Waals surface area contributed by atoms with Crippen LogP contribution in [0.15, 0.2) is 0 Å². The summed E-state index contributed by atoms with van der Waals surface area (Å²) in [4.78, 5) is 0. The molecule has 0 rings (SSSR count). The van der Waals surface area contributed by atoms with Crippen molar-refractivity contribution in [2.75, 3.05) is 0 Å². The molecule has 0 fully saturated rings. The molecular formula is C5H15InO2SiSn. The average Bonchev–Trinajstić information content (AvgIpc) is 2.00. The Labute approximate surface area is 93.1 Å². The van der Waals surface area contributed by atoms with E-state index in [0.29, 0.717) is 24.8 Å². The summed E-state index contributed by atoms with van der Waals surface area (Å²) in [5, 5.41) is 0. The second-order valence-corrected chi connectivity index (χ2v) is 11.5. The Morgan fingerprint density at radius 2 is 2.20 bits per heavy atom. The molecule has 0 aliphatic carbocycles. The van der Waals surface area contributed by atoms with Crippen LogP contribution in [0.1, 0.15) is 19.8 Å². The fourth-order valence-corrected chi connectivity index (χ4v) is 11.2. The molecule has 58 valence electrons. The van der Waals surface area contributed by atoms with Crippen LogP contribution in [-0.4, -0.2) is 56.3 Å². The van der Waals surface area contributed by atoms with Crippen LogP contribution in [0.2, 0.25) is 12.6 Å². The van der Waals surface area contributed by atoms with Crippen molar-refractivity contribution in [3.63, 3.8) is 0 Å². The first-order chi connectivity index (χ1) is 4.68. The molecule has 0 aliphatic rings. The molecular weight excluding hydrogens is 354 g/mol. The molecule has 10 heavy (non-hydrogen) atoms. The molecule has 0 saturated heterocycles. The van der Waals surface area contributed by atoms with Gasteiger partial charge in [0.05, 0.1) is 0 Å². The standard InChI is InChI=1S/C5H12O2Si.In.Sn.3H/c1-3-4-5-8(2,6)7;;;;;/h3-5H2,1-2H3;;;;;/q-2;2*+1;;;. The monoisotopic (exact) mass is 370 g/mol. The minimum absolute atomic E-state index is 0.354. The molecule has 0 aliphatic heterocycles. The first-order valence-corrected chi connectivity index (χ1v) is 9.81. The zero-order valence-electron chi connectivity index (χ0n) is 7.02. The van der Waals surface area contributed by atoms with Gasteiger partial charge in [0, 0.05) is 0 Å². The summed E-state index contributed by atoms with van der Waals surface area (Å²) in [5.74, 6) is 0. The van der Waals surface area contributed by atoms with Crippen molar-refractivity contribution in [2.24, 2.45) is 0 Å². The zero-order valence-corrected chi connectivity index (χ0v) is 17.0. The third-order valence-corrected chi connectivity index (χ3v) is 16.0. The van der Waals surface area contributed by atoms with E-state index < -0.39 is 8.56 Å². The Morgan fingerprint density at radius 3 is 2.50 bits per heavy atom. The van der Waals surface area contributed by atoms with E-state index in [1.807, 2.05) is 0 Å². The van der Waals surface area contributed by atoms with Gasteiger partial charge in [-0.15, -0.1) is 0 Å². The molecule has 0 heterocycles. The molecule has 0 aromatic carbocycles. The van der Waals surface area contributed by atoms with Gasteiger partial charge < -0.3 is 0 Å². The Balaban J connectivity index is 3.58. The van der Waals surface area contributed by atoms with Crippen molar-refractivity contribution in [3.8, 4) is 0 Å². The van der Waals surface area contributed by atoms with Crippen LogP contribution in [0, 0.1) is 0 Å². The molecule has 5 heteroatoms. The first kappa shape index (κ1) is 11.8. The van der Waals surface area contributed by atoms with Gasteiger partial charge in [0.1, 0.15) is 0 Å². The first-order valence-electron chi connectivity index (χ1n) is 3.61. The van der Waals surface area contributed by atoms with Gasteiger partial charge >= 0.3 is 94.0 Å². The van der Waals surface area contributed by atoms with Gasteiger partial charge in [-0.25, -0.2) is 0 Å². The summed E-state index contributed by atoms with van der Waals surface area (Å²) in [6.45, 7) is 4.39. The van der Waals surface area contributed by atoms with Crippen LogP contribution in [-0.2, 0) is 5.31 Å². The van der Waals surface area contributed by atoms with Crippen molar-refractivity contribution in [2.45, 2.75) is 32.4 Å². The van der Waals surface area contributed by atoms with E-state index in [4.69, 9.17) is 5.31 Å². The van der Waals surface area contributed by atoms with E-state index in [0.717, 1.165) is 22.9 Å². The third-order valence-electron chi connectivity index (χ3n) is 1.67. The summed E-state index contributed by atoms with van der Waals surface area (Å²) < 4.78 is 11.0. The van der Waals surface area contributed by atoms with Gasteiger partial charge in [0.2, 0.25) is 0 Å². The van der Waals surface area contributed by atoms with Crippen molar-refractivity contribution < 1.29 is 5.31 Å². The third kappa shape index (κ3) is 4.64. The topological polar surface area (TPSA) is 18.5 Å². The van der Waals surface area contributed by atoms with Gasteiger partial charge in [-0.1, -0.05) is 0 Å². The number of hydrogen-bond acceptors (Lipinski definition) is 2. The molecule has 1 atom stereocenters. The number of rotatable bonds is 5. The van der Waals surface area contributed by atoms with Crippen LogP contribution in [0.3, 0.4) is 0 Å². The molecule has 1 unspecified atom stereocenters. The van der Waals surface area contributed by atoms with Crippen molar-refractivity contribution in [3.05, 3.63) is 0 Å². The van der Waals surface area contributed by atoms with Crippen LogP contribution in [0.25, 0.3) is 0 Å². The van der Waals surface area contributed by atoms with Crippen molar-refractivity contribution in [1.29, 1.82) is 0 Å². The summed E-state index contributed by atoms with van der Waals surface area (Å²) in [7, 11) is -1.57. The minimum atomic E-state index is -1.57. The summed E-state index contributed by atoms with van der Waals surface area (Å²) in [5.41, 5.74) is 0. The molecule has 0 aromatic heterocycles. The number of unbranched alkanes of at least 4 members (excludes halogenated alkanes) is 1. The maximum atomic E-state index is 5.55.